The van der Waals surface area contributed by atoms with Crippen molar-refractivity contribution < 1.29 is 13.9 Å². The lowest BCUT2D eigenvalue weighted by molar-refractivity contribution is -0.132. The molecule has 0 bridgehead atoms. The molecule has 0 saturated heterocycles. The second kappa shape index (κ2) is 8.62. The molecule has 0 aromatic heterocycles. The van der Waals surface area contributed by atoms with E-state index in [1.807, 2.05) is 13.8 Å². The van der Waals surface area contributed by atoms with Gasteiger partial charge in [0.1, 0.15) is 0 Å². The number of nitrogens with zero attached hydrogens (tertiary/aromatic N) is 1. The van der Waals surface area contributed by atoms with Gasteiger partial charge in [0.05, 0.1) is 7.11 Å². The van der Waals surface area contributed by atoms with Crippen LogP contribution < -0.4 is 10.5 Å². The number of methoxy groups -OCH3 is 1. The third-order valence-electron chi connectivity index (χ3n) is 3.42. The van der Waals surface area contributed by atoms with Gasteiger partial charge in [-0.05, 0) is 31.0 Å². The smallest absolute Gasteiger partial charge is 0.224 e. The van der Waals surface area contributed by atoms with Crippen LogP contribution >= 0.6 is 0 Å². The standard InChI is InChI=1S/C16H25FN2O2/c1-4-6-13(18)10-16(20)19(5-2)11-12-7-8-15(21-3)14(17)9-12/h7-9,13H,4-6,10-11,18H2,1-3H3. The molecule has 0 saturated carbocycles. The number of carbonyl (C=O) groups excluding carboxylic acids is 1. The molecular weight excluding hydrogens is 271 g/mol. The first-order valence-electron chi connectivity index (χ1n) is 7.37. The fourth-order valence-electron chi connectivity index (χ4n) is 2.23. The van der Waals surface area contributed by atoms with Crippen LogP contribution in [-0.4, -0.2) is 30.5 Å². The van der Waals surface area contributed by atoms with Crippen LogP contribution in [0.25, 0.3) is 0 Å². The quantitative estimate of drug-likeness (QED) is 0.802. The summed E-state index contributed by atoms with van der Waals surface area (Å²) in [6.07, 6.45) is 2.13. The monoisotopic (exact) mass is 296 g/mol. The predicted molar refractivity (Wildman–Crippen MR) is 81.5 cm³/mol. The maximum absolute atomic E-state index is 13.7. The number of halogens is 1. The van der Waals surface area contributed by atoms with E-state index >= 15 is 0 Å². The normalized spacial score (nSPS) is 12.0. The molecule has 0 radical (unpaired) electrons. The van der Waals surface area contributed by atoms with Crippen LogP contribution in [-0.2, 0) is 11.3 Å². The van der Waals surface area contributed by atoms with Crippen LogP contribution in [0.1, 0.15) is 38.7 Å². The van der Waals surface area contributed by atoms with Gasteiger partial charge in [0.2, 0.25) is 5.91 Å². The average Bonchev–Trinajstić information content (AvgIpc) is 2.45. The molecule has 0 spiro atoms. The van der Waals surface area contributed by atoms with E-state index in [4.69, 9.17) is 10.5 Å². The van der Waals surface area contributed by atoms with E-state index in [0.717, 1.165) is 18.4 Å². The van der Waals surface area contributed by atoms with Crippen molar-refractivity contribution in [3.63, 3.8) is 0 Å². The Morgan fingerprint density at radius 3 is 2.67 bits per heavy atom. The third-order valence-corrected chi connectivity index (χ3v) is 3.42. The van der Waals surface area contributed by atoms with Gasteiger partial charge in [-0.2, -0.15) is 0 Å². The zero-order valence-electron chi connectivity index (χ0n) is 13.1. The van der Waals surface area contributed by atoms with E-state index in [1.165, 1.54) is 13.2 Å². The molecule has 0 fully saturated rings. The summed E-state index contributed by atoms with van der Waals surface area (Å²) in [5.74, 6) is -0.200. The first-order valence-corrected chi connectivity index (χ1v) is 7.37. The highest BCUT2D eigenvalue weighted by Gasteiger charge is 2.16. The van der Waals surface area contributed by atoms with Crippen LogP contribution in [0.3, 0.4) is 0 Å². The van der Waals surface area contributed by atoms with Crippen LogP contribution in [0.5, 0.6) is 5.75 Å². The van der Waals surface area contributed by atoms with Crippen molar-refractivity contribution in [2.45, 2.75) is 45.7 Å². The number of rotatable bonds is 8. The summed E-state index contributed by atoms with van der Waals surface area (Å²) in [7, 11) is 1.43. The fourth-order valence-corrected chi connectivity index (χ4v) is 2.23. The van der Waals surface area contributed by atoms with Crippen molar-refractivity contribution in [2.24, 2.45) is 5.73 Å². The molecule has 118 valence electrons. The zero-order chi connectivity index (χ0) is 15.8. The molecule has 2 N–H and O–H groups in total. The maximum atomic E-state index is 13.7. The summed E-state index contributed by atoms with van der Waals surface area (Å²) >= 11 is 0. The highest BCUT2D eigenvalue weighted by atomic mass is 19.1. The fraction of sp³-hybridized carbons (Fsp3) is 0.562. The van der Waals surface area contributed by atoms with Crippen molar-refractivity contribution in [2.75, 3.05) is 13.7 Å². The number of nitrogens with two attached hydrogens (primary N) is 1. The molecule has 0 aliphatic rings. The highest BCUT2D eigenvalue weighted by Crippen LogP contribution is 2.19. The SMILES string of the molecule is CCCC(N)CC(=O)N(CC)Cc1ccc(OC)c(F)c1. The van der Waals surface area contributed by atoms with Gasteiger partial charge in [-0.25, -0.2) is 4.39 Å². The van der Waals surface area contributed by atoms with Gasteiger partial charge in [-0.15, -0.1) is 0 Å². The molecule has 1 unspecified atom stereocenters. The molecule has 21 heavy (non-hydrogen) atoms. The highest BCUT2D eigenvalue weighted by molar-refractivity contribution is 5.76. The van der Waals surface area contributed by atoms with Gasteiger partial charge in [0, 0.05) is 25.6 Å². The summed E-state index contributed by atoms with van der Waals surface area (Å²) in [6, 6.07) is 4.64. The summed E-state index contributed by atoms with van der Waals surface area (Å²) < 4.78 is 18.6. The van der Waals surface area contributed by atoms with E-state index in [2.05, 4.69) is 0 Å². The van der Waals surface area contributed by atoms with E-state index in [9.17, 15) is 9.18 Å². The number of hydrogen-bond acceptors (Lipinski definition) is 3. The second-order valence-corrected chi connectivity index (χ2v) is 5.13. The third kappa shape index (κ3) is 5.34. The lowest BCUT2D eigenvalue weighted by Crippen LogP contribution is -2.35. The topological polar surface area (TPSA) is 55.6 Å². The number of hydrogen-bond donors (Lipinski definition) is 1. The van der Waals surface area contributed by atoms with Crippen LogP contribution in [0.2, 0.25) is 0 Å². The molecule has 1 aromatic rings. The molecule has 0 aliphatic carbocycles. The number of amides is 1. The Morgan fingerprint density at radius 1 is 1.43 bits per heavy atom. The lowest BCUT2D eigenvalue weighted by atomic mass is 10.1. The van der Waals surface area contributed by atoms with Crippen LogP contribution in [0.15, 0.2) is 18.2 Å². The summed E-state index contributed by atoms with van der Waals surface area (Å²) in [5, 5.41) is 0. The Labute approximate surface area is 126 Å². The molecule has 0 heterocycles. The van der Waals surface area contributed by atoms with E-state index in [1.54, 1.807) is 17.0 Å². The Hall–Kier alpha value is -1.62. The molecule has 5 heteroatoms. The Bertz CT molecular complexity index is 466. The van der Waals surface area contributed by atoms with Crippen molar-refractivity contribution >= 4 is 5.91 Å². The van der Waals surface area contributed by atoms with Crippen molar-refractivity contribution in [1.82, 2.24) is 4.90 Å². The van der Waals surface area contributed by atoms with Crippen LogP contribution in [0, 0.1) is 5.82 Å². The van der Waals surface area contributed by atoms with E-state index in [-0.39, 0.29) is 17.7 Å². The minimum absolute atomic E-state index is 0.00896. The van der Waals surface area contributed by atoms with Gasteiger partial charge >= 0.3 is 0 Å². The summed E-state index contributed by atoms with van der Waals surface area (Å²) in [6.45, 7) is 4.91. The number of ether oxygens (including phenoxy) is 1. The minimum atomic E-state index is -0.416. The first kappa shape index (κ1) is 17.4. The Kier molecular flexibility index (Phi) is 7.15. The lowest BCUT2D eigenvalue weighted by Gasteiger charge is -2.23. The van der Waals surface area contributed by atoms with Gasteiger partial charge in [-0.3, -0.25) is 4.79 Å². The molecular formula is C16H25FN2O2. The molecule has 1 aromatic carbocycles. The van der Waals surface area contributed by atoms with Crippen LogP contribution in [0.4, 0.5) is 4.39 Å². The molecule has 4 nitrogen and oxygen atoms in total. The largest absolute Gasteiger partial charge is 0.494 e. The molecule has 1 amide bonds. The summed E-state index contributed by atoms with van der Waals surface area (Å²) in [4.78, 5) is 13.9. The average molecular weight is 296 g/mol. The second-order valence-electron chi connectivity index (χ2n) is 5.13. The molecule has 0 aliphatic heterocycles. The maximum Gasteiger partial charge on any atom is 0.224 e. The van der Waals surface area contributed by atoms with Crippen molar-refractivity contribution in [3.05, 3.63) is 29.6 Å². The van der Waals surface area contributed by atoms with Gasteiger partial charge in [-0.1, -0.05) is 19.4 Å². The first-order chi connectivity index (χ1) is 10.0. The molecule has 1 rings (SSSR count). The van der Waals surface area contributed by atoms with E-state index < -0.39 is 5.82 Å². The van der Waals surface area contributed by atoms with Gasteiger partial charge in [0.25, 0.3) is 0 Å². The summed E-state index contributed by atoms with van der Waals surface area (Å²) in [5.41, 5.74) is 6.65. The predicted octanol–water partition coefficient (Wildman–Crippen LogP) is 2.70. The van der Waals surface area contributed by atoms with Crippen molar-refractivity contribution in [1.29, 1.82) is 0 Å². The Morgan fingerprint density at radius 2 is 2.14 bits per heavy atom. The number of carbonyl (C=O) groups is 1. The minimum Gasteiger partial charge on any atom is -0.494 e. The van der Waals surface area contributed by atoms with Crippen molar-refractivity contribution in [3.8, 4) is 5.75 Å². The van der Waals surface area contributed by atoms with E-state index in [0.29, 0.717) is 19.5 Å². The van der Waals surface area contributed by atoms with Gasteiger partial charge in [0.15, 0.2) is 11.6 Å². The number of benzene rings is 1. The zero-order valence-corrected chi connectivity index (χ0v) is 13.1. The van der Waals surface area contributed by atoms with Gasteiger partial charge < -0.3 is 15.4 Å². The Balaban J connectivity index is 2.69. The molecule has 1 atom stereocenters.